The molecule has 0 bridgehead atoms. The number of rotatable bonds is 3. The van der Waals surface area contributed by atoms with E-state index in [-0.39, 0.29) is 18.7 Å². The second-order valence-electron chi connectivity index (χ2n) is 4.56. The molecule has 0 spiro atoms. The van der Waals surface area contributed by atoms with Gasteiger partial charge in [0.2, 0.25) is 0 Å². The largest absolute Gasteiger partial charge is 0.459 e. The van der Waals surface area contributed by atoms with E-state index < -0.39 is 5.79 Å². The number of hydrogen-bond donors (Lipinski definition) is 0. The second-order valence-corrected chi connectivity index (χ2v) is 4.99. The third-order valence-electron chi connectivity index (χ3n) is 2.55. The molecule has 0 aliphatic carbocycles. The van der Waals surface area contributed by atoms with Crippen LogP contribution in [0.1, 0.15) is 24.2 Å². The Morgan fingerprint density at radius 3 is 2.67 bits per heavy atom. The second kappa shape index (κ2) is 5.26. The predicted octanol–water partition coefficient (Wildman–Crippen LogP) is 2.65. The summed E-state index contributed by atoms with van der Waals surface area (Å²) in [6.45, 7) is 4.27. The number of esters is 1. The van der Waals surface area contributed by atoms with Crippen LogP contribution in [0.2, 0.25) is 5.02 Å². The fourth-order valence-corrected chi connectivity index (χ4v) is 1.81. The van der Waals surface area contributed by atoms with Crippen molar-refractivity contribution >= 4 is 17.6 Å². The lowest BCUT2D eigenvalue weighted by atomic mass is 10.2. The van der Waals surface area contributed by atoms with Gasteiger partial charge in [0.05, 0.1) is 12.2 Å². The minimum Gasteiger partial charge on any atom is -0.459 e. The van der Waals surface area contributed by atoms with Crippen molar-refractivity contribution in [2.75, 3.05) is 13.2 Å². The molecule has 1 unspecified atom stereocenters. The Morgan fingerprint density at radius 1 is 1.44 bits per heavy atom. The molecule has 0 N–H and O–H groups in total. The van der Waals surface area contributed by atoms with Crippen LogP contribution in [0.3, 0.4) is 0 Å². The topological polar surface area (TPSA) is 44.8 Å². The van der Waals surface area contributed by atoms with Crippen molar-refractivity contribution in [3.8, 4) is 0 Å². The Balaban J connectivity index is 1.84. The molecular formula is C13H15ClO4. The van der Waals surface area contributed by atoms with Gasteiger partial charge in [0.15, 0.2) is 5.79 Å². The van der Waals surface area contributed by atoms with Crippen molar-refractivity contribution in [1.29, 1.82) is 0 Å². The number of halogens is 1. The number of hydrogen-bond acceptors (Lipinski definition) is 4. The summed E-state index contributed by atoms with van der Waals surface area (Å²) >= 11 is 5.74. The standard InChI is InChI=1S/C13H15ClO4/c1-13(2)17-8-11(18-13)7-16-12(15)9-3-5-10(14)6-4-9/h3-6,11H,7-8H2,1-2H3. The molecule has 1 aromatic rings. The minimum absolute atomic E-state index is 0.185. The van der Waals surface area contributed by atoms with Crippen molar-refractivity contribution in [3.63, 3.8) is 0 Å². The van der Waals surface area contributed by atoms with Crippen molar-refractivity contribution < 1.29 is 19.0 Å². The Bertz CT molecular complexity index is 427. The zero-order valence-electron chi connectivity index (χ0n) is 10.3. The molecule has 1 saturated heterocycles. The summed E-state index contributed by atoms with van der Waals surface area (Å²) in [6.07, 6.45) is -0.212. The van der Waals surface area contributed by atoms with E-state index in [1.165, 1.54) is 0 Å². The van der Waals surface area contributed by atoms with Gasteiger partial charge in [-0.25, -0.2) is 4.79 Å². The summed E-state index contributed by atoms with van der Waals surface area (Å²) in [5, 5.41) is 0.584. The van der Waals surface area contributed by atoms with Gasteiger partial charge in [0.1, 0.15) is 12.7 Å². The smallest absolute Gasteiger partial charge is 0.338 e. The Kier molecular flexibility index (Phi) is 3.90. The predicted molar refractivity (Wildman–Crippen MR) is 66.6 cm³/mol. The monoisotopic (exact) mass is 270 g/mol. The van der Waals surface area contributed by atoms with E-state index in [9.17, 15) is 4.79 Å². The normalized spacial score (nSPS) is 21.8. The van der Waals surface area contributed by atoms with E-state index in [1.54, 1.807) is 24.3 Å². The highest BCUT2D eigenvalue weighted by Gasteiger charge is 2.33. The van der Waals surface area contributed by atoms with Crippen LogP contribution >= 0.6 is 11.6 Å². The molecule has 1 atom stereocenters. The van der Waals surface area contributed by atoms with Gasteiger partial charge >= 0.3 is 5.97 Å². The molecule has 0 amide bonds. The van der Waals surface area contributed by atoms with Gasteiger partial charge in [-0.3, -0.25) is 0 Å². The molecule has 1 heterocycles. The Morgan fingerprint density at radius 2 is 2.11 bits per heavy atom. The molecule has 0 radical (unpaired) electrons. The minimum atomic E-state index is -0.600. The lowest BCUT2D eigenvalue weighted by Gasteiger charge is -2.16. The molecule has 0 saturated carbocycles. The first-order valence-corrected chi connectivity index (χ1v) is 6.08. The Hall–Kier alpha value is -1.10. The highest BCUT2D eigenvalue weighted by Crippen LogP contribution is 2.22. The van der Waals surface area contributed by atoms with Gasteiger partial charge < -0.3 is 14.2 Å². The van der Waals surface area contributed by atoms with Crippen molar-refractivity contribution in [2.45, 2.75) is 25.7 Å². The van der Waals surface area contributed by atoms with Crippen LogP contribution in [0.25, 0.3) is 0 Å². The molecule has 1 aliphatic heterocycles. The molecule has 5 heteroatoms. The van der Waals surface area contributed by atoms with E-state index in [0.717, 1.165) is 0 Å². The molecule has 1 aliphatic rings. The lowest BCUT2D eigenvalue weighted by Crippen LogP contribution is -2.25. The Labute approximate surface area is 111 Å². The molecule has 18 heavy (non-hydrogen) atoms. The molecule has 4 nitrogen and oxygen atoms in total. The quantitative estimate of drug-likeness (QED) is 0.792. The molecule has 1 aromatic carbocycles. The van der Waals surface area contributed by atoms with Crippen LogP contribution in [0.4, 0.5) is 0 Å². The van der Waals surface area contributed by atoms with Crippen LogP contribution in [0, 0.1) is 0 Å². The molecule has 0 aromatic heterocycles. The SMILES string of the molecule is CC1(C)OCC(COC(=O)c2ccc(Cl)cc2)O1. The molecule has 2 rings (SSSR count). The van der Waals surface area contributed by atoms with Crippen molar-refractivity contribution in [3.05, 3.63) is 34.9 Å². The third-order valence-corrected chi connectivity index (χ3v) is 2.80. The molecule has 98 valence electrons. The van der Waals surface area contributed by atoms with Gasteiger partial charge in [-0.1, -0.05) is 11.6 Å². The van der Waals surface area contributed by atoms with E-state index >= 15 is 0 Å². The first-order valence-electron chi connectivity index (χ1n) is 5.71. The van der Waals surface area contributed by atoms with Gasteiger partial charge in [-0.2, -0.15) is 0 Å². The van der Waals surface area contributed by atoms with Gasteiger partial charge in [0, 0.05) is 5.02 Å². The maximum atomic E-state index is 11.7. The summed E-state index contributed by atoms with van der Waals surface area (Å²) in [4.78, 5) is 11.7. The first-order chi connectivity index (χ1) is 8.46. The van der Waals surface area contributed by atoms with E-state index in [1.807, 2.05) is 13.8 Å². The van der Waals surface area contributed by atoms with Crippen LogP contribution in [-0.4, -0.2) is 31.1 Å². The zero-order valence-corrected chi connectivity index (χ0v) is 11.1. The highest BCUT2D eigenvalue weighted by atomic mass is 35.5. The van der Waals surface area contributed by atoms with Gasteiger partial charge in [-0.15, -0.1) is 0 Å². The highest BCUT2D eigenvalue weighted by molar-refractivity contribution is 6.30. The number of carbonyl (C=O) groups excluding carboxylic acids is 1. The third kappa shape index (κ3) is 3.45. The number of carbonyl (C=O) groups is 1. The summed E-state index contributed by atoms with van der Waals surface area (Å²) < 4.78 is 16.1. The average molecular weight is 271 g/mol. The first kappa shape index (κ1) is 13.3. The zero-order chi connectivity index (χ0) is 13.2. The summed E-state index contributed by atoms with van der Waals surface area (Å²) in [5.74, 6) is -0.989. The van der Waals surface area contributed by atoms with E-state index in [2.05, 4.69) is 0 Å². The van der Waals surface area contributed by atoms with Crippen LogP contribution in [0.15, 0.2) is 24.3 Å². The van der Waals surface area contributed by atoms with Gasteiger partial charge in [0.25, 0.3) is 0 Å². The maximum absolute atomic E-state index is 11.7. The lowest BCUT2D eigenvalue weighted by molar-refractivity contribution is -0.142. The number of ether oxygens (including phenoxy) is 3. The fourth-order valence-electron chi connectivity index (χ4n) is 1.68. The van der Waals surface area contributed by atoms with Crippen LogP contribution in [0.5, 0.6) is 0 Å². The van der Waals surface area contributed by atoms with Gasteiger partial charge in [-0.05, 0) is 38.1 Å². The molecular weight excluding hydrogens is 256 g/mol. The summed E-state index contributed by atoms with van der Waals surface area (Å²) in [7, 11) is 0. The summed E-state index contributed by atoms with van der Waals surface area (Å²) in [6, 6.07) is 6.55. The van der Waals surface area contributed by atoms with Crippen molar-refractivity contribution in [2.24, 2.45) is 0 Å². The van der Waals surface area contributed by atoms with Crippen LogP contribution < -0.4 is 0 Å². The van der Waals surface area contributed by atoms with Crippen LogP contribution in [-0.2, 0) is 14.2 Å². The maximum Gasteiger partial charge on any atom is 0.338 e. The fraction of sp³-hybridized carbons (Fsp3) is 0.462. The number of benzene rings is 1. The van der Waals surface area contributed by atoms with Crippen molar-refractivity contribution in [1.82, 2.24) is 0 Å². The van der Waals surface area contributed by atoms with E-state index in [4.69, 9.17) is 25.8 Å². The summed E-state index contributed by atoms with van der Waals surface area (Å²) in [5.41, 5.74) is 0.470. The van der Waals surface area contributed by atoms with E-state index in [0.29, 0.717) is 17.2 Å². The average Bonchev–Trinajstić information content (AvgIpc) is 2.67. The molecule has 1 fully saturated rings.